The molecule has 0 spiro atoms. The molecule has 5 nitrogen and oxygen atoms in total. The van der Waals surface area contributed by atoms with E-state index in [1.54, 1.807) is 0 Å². The van der Waals surface area contributed by atoms with E-state index in [4.69, 9.17) is 15.2 Å². The molecule has 17 heavy (non-hydrogen) atoms. The summed E-state index contributed by atoms with van der Waals surface area (Å²) in [7, 11) is 0. The van der Waals surface area contributed by atoms with Crippen molar-refractivity contribution < 1.29 is 14.3 Å². The molecule has 6 heteroatoms. The average molecular weight is 265 g/mol. The van der Waals surface area contributed by atoms with Gasteiger partial charge < -0.3 is 20.5 Å². The summed E-state index contributed by atoms with van der Waals surface area (Å²) in [6, 6.07) is 0. The normalized spacial score (nSPS) is 32.2. The first kappa shape index (κ1) is 14.7. The fourth-order valence-electron chi connectivity index (χ4n) is 2.21. The first-order valence-electron chi connectivity index (χ1n) is 6.04. The Morgan fingerprint density at radius 1 is 1.29 bits per heavy atom. The van der Waals surface area contributed by atoms with Gasteiger partial charge in [-0.25, -0.2) is 0 Å². The maximum atomic E-state index is 11.7. The van der Waals surface area contributed by atoms with Crippen LogP contribution in [0.1, 0.15) is 25.7 Å². The molecule has 0 aromatic rings. The van der Waals surface area contributed by atoms with Crippen LogP contribution >= 0.6 is 12.4 Å². The molecule has 2 saturated heterocycles. The number of nitrogens with one attached hydrogen (secondary N) is 1. The van der Waals surface area contributed by atoms with Crippen LogP contribution in [0.15, 0.2) is 0 Å². The van der Waals surface area contributed by atoms with Crippen LogP contribution in [-0.2, 0) is 14.3 Å². The summed E-state index contributed by atoms with van der Waals surface area (Å²) in [4.78, 5) is 11.7. The lowest BCUT2D eigenvalue weighted by molar-refractivity contribution is -0.132. The van der Waals surface area contributed by atoms with Crippen molar-refractivity contribution in [3.8, 4) is 0 Å². The van der Waals surface area contributed by atoms with E-state index in [1.807, 2.05) is 0 Å². The Morgan fingerprint density at radius 2 is 2.12 bits per heavy atom. The van der Waals surface area contributed by atoms with Gasteiger partial charge in [-0.3, -0.25) is 4.79 Å². The van der Waals surface area contributed by atoms with Gasteiger partial charge >= 0.3 is 0 Å². The van der Waals surface area contributed by atoms with E-state index in [9.17, 15) is 4.79 Å². The van der Waals surface area contributed by atoms with Crippen LogP contribution in [0.3, 0.4) is 0 Å². The zero-order chi connectivity index (χ0) is 11.4. The highest BCUT2D eigenvalue weighted by atomic mass is 35.5. The van der Waals surface area contributed by atoms with Gasteiger partial charge in [-0.15, -0.1) is 12.4 Å². The molecular formula is C11H21ClN2O3. The maximum Gasteiger partial charge on any atom is 0.249 e. The Balaban J connectivity index is 0.00000144. The Hall–Kier alpha value is -0.360. The summed E-state index contributed by atoms with van der Waals surface area (Å²) < 4.78 is 10.9. The quantitative estimate of drug-likeness (QED) is 0.761. The first-order chi connectivity index (χ1) is 7.79. The summed E-state index contributed by atoms with van der Waals surface area (Å²) in [6.45, 7) is 1.91. The van der Waals surface area contributed by atoms with Crippen molar-refractivity contribution in [2.45, 2.75) is 44.0 Å². The number of amides is 1. The molecular weight excluding hydrogens is 244 g/mol. The van der Waals surface area contributed by atoms with Gasteiger partial charge in [0, 0.05) is 19.7 Å². The molecule has 0 aromatic heterocycles. The number of carbonyl (C=O) groups is 1. The fraction of sp³-hybridized carbons (Fsp3) is 0.909. The predicted molar refractivity (Wildman–Crippen MR) is 66.2 cm³/mol. The molecule has 3 atom stereocenters. The third-order valence-corrected chi connectivity index (χ3v) is 3.19. The predicted octanol–water partition coefficient (Wildman–Crippen LogP) is 0.210. The fourth-order valence-corrected chi connectivity index (χ4v) is 2.21. The zero-order valence-electron chi connectivity index (χ0n) is 9.89. The van der Waals surface area contributed by atoms with E-state index in [0.29, 0.717) is 13.1 Å². The minimum atomic E-state index is -0.310. The highest BCUT2D eigenvalue weighted by molar-refractivity contribution is 5.85. The van der Waals surface area contributed by atoms with Crippen LogP contribution in [0.2, 0.25) is 0 Å². The lowest BCUT2D eigenvalue weighted by Crippen LogP contribution is -2.39. The number of halogens is 1. The molecule has 100 valence electrons. The zero-order valence-corrected chi connectivity index (χ0v) is 10.7. The van der Waals surface area contributed by atoms with Gasteiger partial charge in [0.1, 0.15) is 6.10 Å². The first-order valence-corrected chi connectivity index (χ1v) is 6.04. The van der Waals surface area contributed by atoms with Gasteiger partial charge in [0.25, 0.3) is 0 Å². The van der Waals surface area contributed by atoms with E-state index in [0.717, 1.165) is 32.3 Å². The van der Waals surface area contributed by atoms with Gasteiger partial charge in [0.15, 0.2) is 0 Å². The highest BCUT2D eigenvalue weighted by Gasteiger charge is 2.30. The standard InChI is InChI=1S/C11H20N2O3.ClH/c12-6-8-3-4-10(16-8)11(14)13-7-9-2-1-5-15-9;/h8-10H,1-7,12H2,(H,13,14);1H/t8-,9?,10+;/m1./s1. The summed E-state index contributed by atoms with van der Waals surface area (Å²) in [5, 5.41) is 2.88. The van der Waals surface area contributed by atoms with Crippen LogP contribution in [0, 0.1) is 0 Å². The van der Waals surface area contributed by atoms with Crippen LogP contribution in [0.25, 0.3) is 0 Å². The molecule has 0 saturated carbocycles. The molecule has 1 unspecified atom stereocenters. The summed E-state index contributed by atoms with van der Waals surface area (Å²) in [6.07, 6.45) is 3.73. The van der Waals surface area contributed by atoms with Crippen LogP contribution in [0.5, 0.6) is 0 Å². The van der Waals surface area contributed by atoms with Crippen LogP contribution in [0.4, 0.5) is 0 Å². The Kier molecular flexibility index (Phi) is 6.19. The monoisotopic (exact) mass is 264 g/mol. The summed E-state index contributed by atoms with van der Waals surface area (Å²) in [5.41, 5.74) is 5.49. The molecule has 0 radical (unpaired) electrons. The minimum Gasteiger partial charge on any atom is -0.376 e. The number of hydrogen-bond acceptors (Lipinski definition) is 4. The molecule has 2 aliphatic heterocycles. The number of hydrogen-bond donors (Lipinski definition) is 2. The molecule has 2 rings (SSSR count). The molecule has 0 aromatic carbocycles. The second-order valence-corrected chi connectivity index (χ2v) is 4.44. The van der Waals surface area contributed by atoms with Gasteiger partial charge in [-0.1, -0.05) is 0 Å². The molecule has 1 amide bonds. The van der Waals surface area contributed by atoms with E-state index in [1.165, 1.54) is 0 Å². The van der Waals surface area contributed by atoms with Crippen molar-refractivity contribution in [2.24, 2.45) is 5.73 Å². The lowest BCUT2D eigenvalue weighted by Gasteiger charge is -2.15. The number of rotatable bonds is 4. The smallest absolute Gasteiger partial charge is 0.249 e. The van der Waals surface area contributed by atoms with Gasteiger partial charge in [-0.05, 0) is 25.7 Å². The van der Waals surface area contributed by atoms with Crippen LogP contribution in [-0.4, -0.2) is 43.9 Å². The largest absolute Gasteiger partial charge is 0.376 e. The van der Waals surface area contributed by atoms with Gasteiger partial charge in [0.05, 0.1) is 12.2 Å². The number of ether oxygens (including phenoxy) is 2. The maximum absolute atomic E-state index is 11.7. The van der Waals surface area contributed by atoms with Crippen molar-refractivity contribution in [3.63, 3.8) is 0 Å². The van der Waals surface area contributed by atoms with Crippen molar-refractivity contribution >= 4 is 18.3 Å². The Morgan fingerprint density at radius 3 is 2.71 bits per heavy atom. The second kappa shape index (κ2) is 7.16. The topological polar surface area (TPSA) is 73.6 Å². The third-order valence-electron chi connectivity index (χ3n) is 3.19. The molecule has 2 heterocycles. The highest BCUT2D eigenvalue weighted by Crippen LogP contribution is 2.19. The van der Waals surface area contributed by atoms with E-state index >= 15 is 0 Å². The lowest BCUT2D eigenvalue weighted by atomic mass is 10.2. The minimum absolute atomic E-state index is 0. The van der Waals surface area contributed by atoms with Crippen molar-refractivity contribution in [1.82, 2.24) is 5.32 Å². The SMILES string of the molecule is Cl.NC[C@H]1CC[C@@H](C(=O)NCC2CCCO2)O1. The van der Waals surface area contributed by atoms with Gasteiger partial charge in [-0.2, -0.15) is 0 Å². The Labute approximate surface area is 108 Å². The average Bonchev–Trinajstić information content (AvgIpc) is 2.96. The van der Waals surface area contributed by atoms with E-state index in [2.05, 4.69) is 5.32 Å². The van der Waals surface area contributed by atoms with Crippen LogP contribution < -0.4 is 11.1 Å². The molecule has 0 aliphatic carbocycles. The number of carbonyl (C=O) groups excluding carboxylic acids is 1. The van der Waals surface area contributed by atoms with Crippen molar-refractivity contribution in [2.75, 3.05) is 19.7 Å². The molecule has 2 fully saturated rings. The second-order valence-electron chi connectivity index (χ2n) is 4.44. The molecule has 0 bridgehead atoms. The molecule has 3 N–H and O–H groups in total. The van der Waals surface area contributed by atoms with E-state index < -0.39 is 0 Å². The van der Waals surface area contributed by atoms with Crippen molar-refractivity contribution in [3.05, 3.63) is 0 Å². The van der Waals surface area contributed by atoms with E-state index in [-0.39, 0.29) is 36.6 Å². The van der Waals surface area contributed by atoms with Crippen molar-refractivity contribution in [1.29, 1.82) is 0 Å². The summed E-state index contributed by atoms with van der Waals surface area (Å²) >= 11 is 0. The number of nitrogens with two attached hydrogens (primary N) is 1. The molecule has 2 aliphatic rings. The Bertz CT molecular complexity index is 247. The van der Waals surface area contributed by atoms with Gasteiger partial charge in [0.2, 0.25) is 5.91 Å². The third kappa shape index (κ3) is 4.10. The summed E-state index contributed by atoms with van der Waals surface area (Å²) in [5.74, 6) is -0.0218.